The lowest BCUT2D eigenvalue weighted by atomic mass is 9.98. The number of carbonyl (C=O) groups excluding carboxylic acids is 1. The van der Waals surface area contributed by atoms with Crippen LogP contribution in [-0.2, 0) is 14.8 Å². The van der Waals surface area contributed by atoms with E-state index in [2.05, 4.69) is 12.2 Å². The van der Waals surface area contributed by atoms with Crippen LogP contribution in [0.25, 0.3) is 0 Å². The van der Waals surface area contributed by atoms with Crippen LogP contribution in [0.3, 0.4) is 0 Å². The topological polar surface area (TPSA) is 66.5 Å². The molecule has 0 radical (unpaired) electrons. The Morgan fingerprint density at radius 1 is 1.38 bits per heavy atom. The highest BCUT2D eigenvalue weighted by Gasteiger charge is 2.33. The summed E-state index contributed by atoms with van der Waals surface area (Å²) in [7, 11) is -3.70. The molecule has 1 aliphatic rings. The summed E-state index contributed by atoms with van der Waals surface area (Å²) in [4.78, 5) is 12.4. The van der Waals surface area contributed by atoms with E-state index in [1.165, 1.54) is 16.4 Å². The molecule has 1 aliphatic heterocycles. The molecule has 5 nitrogen and oxygen atoms in total. The molecule has 7 heteroatoms. The maximum atomic E-state index is 13.0. The van der Waals surface area contributed by atoms with Gasteiger partial charge in [-0.15, -0.1) is 0 Å². The summed E-state index contributed by atoms with van der Waals surface area (Å²) in [5.41, 5.74) is 0. The second-order valence-corrected chi connectivity index (χ2v) is 8.29. The molecule has 1 fully saturated rings. The fourth-order valence-electron chi connectivity index (χ4n) is 3.00. The molecule has 1 heterocycles. The predicted octanol–water partition coefficient (Wildman–Crippen LogP) is 2.53. The van der Waals surface area contributed by atoms with Gasteiger partial charge in [-0.05, 0) is 50.5 Å². The molecular weight excluding hydrogens is 331 g/mol. The van der Waals surface area contributed by atoms with Crippen LogP contribution in [0.15, 0.2) is 29.2 Å². The monoisotopic (exact) mass is 356 g/mol. The Balaban J connectivity index is 2.07. The summed E-state index contributed by atoms with van der Waals surface area (Å²) in [6, 6.07) is 4.88. The molecule has 0 aliphatic carbocycles. The summed E-state index contributed by atoms with van der Waals surface area (Å²) in [6.45, 7) is 4.57. The molecule has 134 valence electrons. The van der Waals surface area contributed by atoms with Gasteiger partial charge in [0.15, 0.2) is 0 Å². The van der Waals surface area contributed by atoms with Gasteiger partial charge in [0, 0.05) is 19.1 Å². The van der Waals surface area contributed by atoms with E-state index in [0.717, 1.165) is 25.0 Å². The van der Waals surface area contributed by atoms with Gasteiger partial charge in [-0.25, -0.2) is 12.8 Å². The zero-order valence-corrected chi connectivity index (χ0v) is 15.0. The van der Waals surface area contributed by atoms with E-state index in [-0.39, 0.29) is 29.3 Å². The first-order valence-corrected chi connectivity index (χ1v) is 9.84. The first kappa shape index (κ1) is 18.9. The van der Waals surface area contributed by atoms with Crippen molar-refractivity contribution < 1.29 is 17.6 Å². The number of carbonyl (C=O) groups is 1. The van der Waals surface area contributed by atoms with Crippen LogP contribution >= 0.6 is 0 Å². The van der Waals surface area contributed by atoms with Gasteiger partial charge in [-0.1, -0.05) is 13.3 Å². The van der Waals surface area contributed by atoms with Gasteiger partial charge in [0.25, 0.3) is 0 Å². The molecule has 2 rings (SSSR count). The molecule has 1 N–H and O–H groups in total. The molecular formula is C17H25FN2O3S. The van der Waals surface area contributed by atoms with Crippen LogP contribution in [0.4, 0.5) is 4.39 Å². The van der Waals surface area contributed by atoms with Crippen molar-refractivity contribution in [2.75, 3.05) is 13.1 Å². The van der Waals surface area contributed by atoms with Crippen LogP contribution in [-0.4, -0.2) is 37.8 Å². The Morgan fingerprint density at radius 2 is 2.04 bits per heavy atom. The van der Waals surface area contributed by atoms with Gasteiger partial charge >= 0.3 is 0 Å². The molecule has 2 unspecified atom stereocenters. The van der Waals surface area contributed by atoms with Crippen molar-refractivity contribution in [3.8, 4) is 0 Å². The smallest absolute Gasteiger partial charge is 0.243 e. The van der Waals surface area contributed by atoms with E-state index in [9.17, 15) is 17.6 Å². The molecule has 1 saturated heterocycles. The lowest BCUT2D eigenvalue weighted by molar-refractivity contribution is -0.126. The van der Waals surface area contributed by atoms with Crippen LogP contribution in [0, 0.1) is 11.7 Å². The third kappa shape index (κ3) is 4.54. The highest BCUT2D eigenvalue weighted by atomic mass is 32.2. The minimum Gasteiger partial charge on any atom is -0.353 e. The molecule has 0 aromatic heterocycles. The van der Waals surface area contributed by atoms with Crippen LogP contribution in [0.5, 0.6) is 0 Å². The molecule has 24 heavy (non-hydrogen) atoms. The number of sulfonamides is 1. The fraction of sp³-hybridized carbons (Fsp3) is 0.588. The largest absolute Gasteiger partial charge is 0.353 e. The van der Waals surface area contributed by atoms with E-state index in [0.29, 0.717) is 19.4 Å². The van der Waals surface area contributed by atoms with Gasteiger partial charge in [-0.3, -0.25) is 4.79 Å². The van der Waals surface area contributed by atoms with E-state index in [1.807, 2.05) is 6.92 Å². The first-order valence-electron chi connectivity index (χ1n) is 8.40. The Bertz CT molecular complexity index is 661. The van der Waals surface area contributed by atoms with Gasteiger partial charge in [0.05, 0.1) is 10.8 Å². The number of hydrogen-bond donors (Lipinski definition) is 1. The van der Waals surface area contributed by atoms with E-state index in [4.69, 9.17) is 0 Å². The quantitative estimate of drug-likeness (QED) is 0.852. The highest BCUT2D eigenvalue weighted by Crippen LogP contribution is 2.24. The third-order valence-corrected chi connectivity index (χ3v) is 6.20. The number of benzene rings is 1. The predicted molar refractivity (Wildman–Crippen MR) is 90.4 cm³/mol. The first-order chi connectivity index (χ1) is 11.3. The molecule has 0 bridgehead atoms. The van der Waals surface area contributed by atoms with Gasteiger partial charge in [-0.2, -0.15) is 4.31 Å². The summed E-state index contributed by atoms with van der Waals surface area (Å²) < 4.78 is 39.7. The van der Waals surface area contributed by atoms with Crippen molar-refractivity contribution in [3.05, 3.63) is 30.1 Å². The van der Waals surface area contributed by atoms with Crippen molar-refractivity contribution in [1.29, 1.82) is 0 Å². The van der Waals surface area contributed by atoms with Crippen molar-refractivity contribution >= 4 is 15.9 Å². The van der Waals surface area contributed by atoms with Crippen LogP contribution < -0.4 is 5.32 Å². The van der Waals surface area contributed by atoms with E-state index < -0.39 is 15.8 Å². The molecule has 2 atom stereocenters. The number of nitrogens with one attached hydrogen (secondary N) is 1. The second-order valence-electron chi connectivity index (χ2n) is 6.35. The maximum absolute atomic E-state index is 13.0. The molecule has 0 saturated carbocycles. The standard InChI is InChI=1S/C17H25FN2O3S/c1-3-5-13(2)19-17(21)14-6-4-11-20(12-14)24(22,23)16-9-7-15(18)8-10-16/h7-10,13-14H,3-6,11-12H2,1-2H3,(H,19,21). The molecule has 1 amide bonds. The lowest BCUT2D eigenvalue weighted by Crippen LogP contribution is -2.47. The van der Waals surface area contributed by atoms with Gasteiger partial charge in [0.2, 0.25) is 15.9 Å². The van der Waals surface area contributed by atoms with E-state index in [1.54, 1.807) is 0 Å². The van der Waals surface area contributed by atoms with E-state index >= 15 is 0 Å². The number of piperidine rings is 1. The van der Waals surface area contributed by atoms with Gasteiger partial charge < -0.3 is 5.32 Å². The Kier molecular flexibility index (Phi) is 6.34. The zero-order chi connectivity index (χ0) is 17.7. The number of halogens is 1. The fourth-order valence-corrected chi connectivity index (χ4v) is 4.52. The summed E-state index contributed by atoms with van der Waals surface area (Å²) in [5.74, 6) is -0.905. The second kappa shape index (κ2) is 8.07. The average molecular weight is 356 g/mol. The summed E-state index contributed by atoms with van der Waals surface area (Å²) in [5, 5.41) is 2.96. The molecule has 0 spiro atoms. The Labute approximate surface area is 143 Å². The van der Waals surface area contributed by atoms with Crippen molar-refractivity contribution in [1.82, 2.24) is 9.62 Å². The highest BCUT2D eigenvalue weighted by molar-refractivity contribution is 7.89. The molecule has 1 aromatic rings. The van der Waals surface area contributed by atoms with Crippen LogP contribution in [0.1, 0.15) is 39.5 Å². The SMILES string of the molecule is CCCC(C)NC(=O)C1CCCN(S(=O)(=O)c2ccc(F)cc2)C1. The van der Waals surface area contributed by atoms with Crippen LogP contribution in [0.2, 0.25) is 0 Å². The molecule has 1 aromatic carbocycles. The van der Waals surface area contributed by atoms with Crippen molar-refractivity contribution in [2.24, 2.45) is 5.92 Å². The van der Waals surface area contributed by atoms with Crippen molar-refractivity contribution in [2.45, 2.75) is 50.5 Å². The lowest BCUT2D eigenvalue weighted by Gasteiger charge is -2.31. The van der Waals surface area contributed by atoms with Crippen molar-refractivity contribution in [3.63, 3.8) is 0 Å². The zero-order valence-electron chi connectivity index (χ0n) is 14.2. The maximum Gasteiger partial charge on any atom is 0.243 e. The third-order valence-electron chi connectivity index (χ3n) is 4.32. The number of nitrogens with zero attached hydrogens (tertiary/aromatic N) is 1. The normalized spacial score (nSPS) is 20.5. The Hall–Kier alpha value is -1.47. The minimum atomic E-state index is -3.70. The number of amides is 1. The minimum absolute atomic E-state index is 0.0595. The number of rotatable bonds is 6. The summed E-state index contributed by atoms with van der Waals surface area (Å²) in [6.07, 6.45) is 3.20. The average Bonchev–Trinajstić information content (AvgIpc) is 2.55. The summed E-state index contributed by atoms with van der Waals surface area (Å²) >= 11 is 0. The Morgan fingerprint density at radius 3 is 2.67 bits per heavy atom. The van der Waals surface area contributed by atoms with Gasteiger partial charge in [0.1, 0.15) is 5.82 Å². The number of hydrogen-bond acceptors (Lipinski definition) is 3.